The van der Waals surface area contributed by atoms with Crippen molar-refractivity contribution in [1.82, 2.24) is 5.32 Å². The summed E-state index contributed by atoms with van der Waals surface area (Å²) in [4.78, 5) is 38.3. The van der Waals surface area contributed by atoms with Gasteiger partial charge in [0.1, 0.15) is 6.61 Å². The van der Waals surface area contributed by atoms with Crippen LogP contribution >= 0.6 is 22.9 Å². The van der Waals surface area contributed by atoms with Crippen molar-refractivity contribution in [1.29, 1.82) is 0 Å². The summed E-state index contributed by atoms with van der Waals surface area (Å²) >= 11 is 6.99. The van der Waals surface area contributed by atoms with Gasteiger partial charge in [-0.25, -0.2) is 0 Å². The second-order valence-corrected chi connectivity index (χ2v) is 7.31. The van der Waals surface area contributed by atoms with E-state index in [1.807, 2.05) is 0 Å². The number of ketones is 1. The van der Waals surface area contributed by atoms with Gasteiger partial charge >= 0.3 is 0 Å². The fraction of sp³-hybridized carbons (Fsp3) is 0.278. The second-order valence-electron chi connectivity index (χ2n) is 5.59. The van der Waals surface area contributed by atoms with Crippen molar-refractivity contribution in [3.8, 4) is 0 Å². The van der Waals surface area contributed by atoms with E-state index >= 15 is 0 Å². The molecule has 0 bridgehead atoms. The Hall–Kier alpha value is -2.22. The molecule has 1 aromatic heterocycles. The highest BCUT2D eigenvalue weighted by Gasteiger charge is 2.21. The monoisotopic (exact) mass is 391 g/mol. The van der Waals surface area contributed by atoms with Crippen LogP contribution in [-0.2, 0) is 9.53 Å². The number of amides is 2. The predicted octanol–water partition coefficient (Wildman–Crippen LogP) is 2.57. The van der Waals surface area contributed by atoms with E-state index in [2.05, 4.69) is 11.4 Å². The van der Waals surface area contributed by atoms with Gasteiger partial charge < -0.3 is 15.0 Å². The average Bonchev–Trinajstić information content (AvgIpc) is 3.08. The molecule has 3 rings (SSSR count). The molecule has 1 fully saturated rings. The van der Waals surface area contributed by atoms with Crippen LogP contribution in [0.25, 0.3) is 0 Å². The van der Waals surface area contributed by atoms with Gasteiger partial charge in [-0.15, -0.1) is 11.3 Å². The first-order chi connectivity index (χ1) is 12.5. The third kappa shape index (κ3) is 4.49. The molecule has 6 nitrogen and oxygen atoms in total. The Kier molecular flexibility index (Phi) is 6.03. The molecule has 1 saturated heterocycles. The highest BCUT2D eigenvalue weighted by molar-refractivity contribution is 7.17. The summed E-state index contributed by atoms with van der Waals surface area (Å²) in [6.07, 6.45) is 0.141. The van der Waals surface area contributed by atoms with Crippen LogP contribution in [0.4, 0.5) is 5.69 Å². The number of ether oxygens (including phenoxy) is 1. The Morgan fingerprint density at radius 2 is 2.19 bits per heavy atom. The normalized spacial score (nSPS) is 14.3. The molecule has 1 aliphatic rings. The van der Waals surface area contributed by atoms with Crippen LogP contribution < -0.4 is 10.2 Å². The van der Waals surface area contributed by atoms with Gasteiger partial charge in [0, 0.05) is 30.8 Å². The first-order valence-corrected chi connectivity index (χ1v) is 9.20. The lowest BCUT2D eigenvalue weighted by Crippen LogP contribution is -2.41. The third-order valence-corrected chi connectivity index (χ3v) is 5.05. The number of hydrogen-bond donors (Lipinski definition) is 1. The number of nitrogens with one attached hydrogen (secondary N) is 1. The molecule has 26 heavy (non-hydrogen) atoms. The van der Waals surface area contributed by atoms with Gasteiger partial charge in [0.25, 0.3) is 11.8 Å². The summed E-state index contributed by atoms with van der Waals surface area (Å²) in [5.74, 6) is -0.550. The first kappa shape index (κ1) is 18.6. The number of nitrogens with zero attached hydrogens (tertiary/aromatic N) is 1. The predicted molar refractivity (Wildman–Crippen MR) is 99.1 cm³/mol. The number of hydrogen-bond acceptors (Lipinski definition) is 5. The first-order valence-electron chi connectivity index (χ1n) is 8.01. The maximum Gasteiger partial charge on any atom is 0.261 e. The average molecular weight is 392 g/mol. The Bertz CT molecular complexity index is 836. The fourth-order valence-electron chi connectivity index (χ4n) is 2.52. The van der Waals surface area contributed by atoms with E-state index in [9.17, 15) is 14.4 Å². The van der Waals surface area contributed by atoms with Gasteiger partial charge in [-0.1, -0.05) is 17.7 Å². The van der Waals surface area contributed by atoms with Crippen molar-refractivity contribution in [2.75, 3.05) is 31.2 Å². The molecule has 1 N–H and O–H groups in total. The molecule has 0 spiro atoms. The lowest BCUT2D eigenvalue weighted by Gasteiger charge is -2.27. The van der Waals surface area contributed by atoms with E-state index in [0.717, 1.165) is 0 Å². The van der Waals surface area contributed by atoms with Crippen molar-refractivity contribution >= 4 is 46.2 Å². The number of thiophene rings is 1. The quantitative estimate of drug-likeness (QED) is 0.768. The maximum atomic E-state index is 12.4. The highest BCUT2D eigenvalue weighted by Crippen LogP contribution is 2.21. The van der Waals surface area contributed by atoms with Crippen LogP contribution in [0.5, 0.6) is 0 Å². The van der Waals surface area contributed by atoms with Gasteiger partial charge in [0.15, 0.2) is 5.78 Å². The minimum Gasteiger partial charge on any atom is -0.370 e. The molecule has 0 saturated carbocycles. The summed E-state index contributed by atoms with van der Waals surface area (Å²) in [6.45, 7) is 1.17. The lowest BCUT2D eigenvalue weighted by atomic mass is 10.1. The molecule has 8 heteroatoms. The van der Waals surface area contributed by atoms with Crippen molar-refractivity contribution < 1.29 is 19.1 Å². The summed E-state index contributed by atoms with van der Waals surface area (Å²) < 4.78 is 5.65. The third-order valence-electron chi connectivity index (χ3n) is 3.82. The summed E-state index contributed by atoms with van der Waals surface area (Å²) in [7, 11) is 0. The van der Waals surface area contributed by atoms with Crippen LogP contribution in [-0.4, -0.2) is 43.9 Å². The number of benzene rings is 1. The zero-order chi connectivity index (χ0) is 18.5. The van der Waals surface area contributed by atoms with E-state index < -0.39 is 0 Å². The number of anilines is 1. The van der Waals surface area contributed by atoms with E-state index in [1.54, 1.807) is 35.2 Å². The Balaban J connectivity index is 1.57. The van der Waals surface area contributed by atoms with Gasteiger partial charge in [-0.2, -0.15) is 0 Å². The number of morpholine rings is 1. The van der Waals surface area contributed by atoms with Crippen LogP contribution in [0.15, 0.2) is 30.3 Å². The van der Waals surface area contributed by atoms with Gasteiger partial charge in [-0.3, -0.25) is 14.4 Å². The standard InChI is InChI=1S/C18H16ClN2O4S/c19-16-5-4-15(26-16)18(24)20-7-6-14(22)12-2-1-3-13(10-12)21-8-9-25-11-17(21)23/h1,3-5,10H,6-9,11H2,(H,20,24). The van der Waals surface area contributed by atoms with Crippen LogP contribution in [0, 0.1) is 6.07 Å². The number of carbonyl (C=O) groups excluding carboxylic acids is 3. The van der Waals surface area contributed by atoms with E-state index in [0.29, 0.717) is 33.6 Å². The number of halogens is 1. The Morgan fingerprint density at radius 3 is 2.92 bits per heavy atom. The van der Waals surface area contributed by atoms with E-state index in [1.165, 1.54) is 11.3 Å². The summed E-state index contributed by atoms with van der Waals surface area (Å²) in [6, 6.07) is 11.2. The molecular weight excluding hydrogens is 376 g/mol. The topological polar surface area (TPSA) is 75.7 Å². The molecule has 1 aromatic carbocycles. The number of rotatable bonds is 6. The minimum atomic E-state index is -0.258. The molecule has 0 atom stereocenters. The Labute approximate surface area is 159 Å². The SMILES string of the molecule is O=C(CCNC(=O)c1ccc(Cl)s1)c1[c]ccc(N2CCOCC2=O)c1. The molecule has 2 amide bonds. The van der Waals surface area contributed by atoms with Gasteiger partial charge in [0.05, 0.1) is 15.8 Å². The lowest BCUT2D eigenvalue weighted by molar-refractivity contribution is -0.125. The van der Waals surface area contributed by atoms with Gasteiger partial charge in [0.2, 0.25) is 0 Å². The van der Waals surface area contributed by atoms with Crippen LogP contribution in [0.1, 0.15) is 26.5 Å². The molecule has 2 aromatic rings. The molecule has 0 aliphatic carbocycles. The largest absolute Gasteiger partial charge is 0.370 e. The van der Waals surface area contributed by atoms with Crippen LogP contribution in [0.2, 0.25) is 4.34 Å². The van der Waals surface area contributed by atoms with Crippen molar-refractivity contribution in [2.45, 2.75) is 6.42 Å². The number of Topliss-reactive ketones (excluding diaryl/α,β-unsaturated/α-hetero) is 1. The van der Waals surface area contributed by atoms with E-state index in [4.69, 9.17) is 16.3 Å². The minimum absolute atomic E-state index is 0.0423. The zero-order valence-corrected chi connectivity index (χ0v) is 15.4. The molecule has 1 radical (unpaired) electrons. The molecular formula is C18H16ClN2O4S. The molecule has 1 aliphatic heterocycles. The van der Waals surface area contributed by atoms with Gasteiger partial charge in [-0.05, 0) is 30.3 Å². The van der Waals surface area contributed by atoms with Crippen LogP contribution in [0.3, 0.4) is 0 Å². The summed E-state index contributed by atoms with van der Waals surface area (Å²) in [5, 5.41) is 2.70. The highest BCUT2D eigenvalue weighted by atomic mass is 35.5. The molecule has 0 unspecified atom stereocenters. The smallest absolute Gasteiger partial charge is 0.261 e. The van der Waals surface area contributed by atoms with Crippen molar-refractivity contribution in [2.24, 2.45) is 0 Å². The zero-order valence-electron chi connectivity index (χ0n) is 13.8. The second kappa shape index (κ2) is 8.44. The maximum absolute atomic E-state index is 12.4. The van der Waals surface area contributed by atoms with Crippen molar-refractivity contribution in [3.63, 3.8) is 0 Å². The number of carbonyl (C=O) groups is 3. The molecule has 2 heterocycles. The molecule has 135 valence electrons. The summed E-state index contributed by atoms with van der Waals surface area (Å²) in [5.41, 5.74) is 1.04. The fourth-order valence-corrected chi connectivity index (χ4v) is 3.48. The Morgan fingerprint density at radius 1 is 1.35 bits per heavy atom. The van der Waals surface area contributed by atoms with Crippen molar-refractivity contribution in [3.05, 3.63) is 51.2 Å². The van der Waals surface area contributed by atoms with E-state index in [-0.39, 0.29) is 37.2 Å².